The van der Waals surface area contributed by atoms with Crippen LogP contribution in [0.3, 0.4) is 0 Å². The Labute approximate surface area is 128 Å². The summed E-state index contributed by atoms with van der Waals surface area (Å²) in [6.45, 7) is 7.56. The van der Waals surface area contributed by atoms with Crippen molar-refractivity contribution in [1.82, 2.24) is 4.90 Å². The van der Waals surface area contributed by atoms with Crippen molar-refractivity contribution in [1.29, 1.82) is 0 Å². The molecule has 21 heavy (non-hydrogen) atoms. The predicted molar refractivity (Wildman–Crippen MR) is 86.8 cm³/mol. The summed E-state index contributed by atoms with van der Waals surface area (Å²) < 4.78 is 5.29. The van der Waals surface area contributed by atoms with Crippen LogP contribution < -0.4 is 0 Å². The Morgan fingerprint density at radius 3 is 2.90 bits per heavy atom. The molecule has 2 atom stereocenters. The molecule has 0 saturated heterocycles. The minimum Gasteiger partial charge on any atom is -0.508 e. The van der Waals surface area contributed by atoms with Crippen molar-refractivity contribution in [3.63, 3.8) is 0 Å². The summed E-state index contributed by atoms with van der Waals surface area (Å²) in [7, 11) is 1.78. The Morgan fingerprint density at radius 2 is 2.19 bits per heavy atom. The minimum atomic E-state index is 0.394. The van der Waals surface area contributed by atoms with Gasteiger partial charge >= 0.3 is 0 Å². The Hall–Kier alpha value is -1.06. The van der Waals surface area contributed by atoms with Crippen molar-refractivity contribution in [2.24, 2.45) is 5.92 Å². The van der Waals surface area contributed by atoms with E-state index in [1.807, 2.05) is 12.1 Å². The topological polar surface area (TPSA) is 32.7 Å². The van der Waals surface area contributed by atoms with E-state index in [1.165, 1.54) is 17.5 Å². The first-order chi connectivity index (χ1) is 10.2. The fourth-order valence-electron chi connectivity index (χ4n) is 3.36. The van der Waals surface area contributed by atoms with Crippen LogP contribution >= 0.6 is 0 Å². The molecule has 1 aromatic carbocycles. The molecule has 0 spiro atoms. The fraction of sp³-hybridized carbons (Fsp3) is 0.667. The van der Waals surface area contributed by atoms with Crippen molar-refractivity contribution in [2.45, 2.75) is 45.6 Å². The number of hydrogen-bond acceptors (Lipinski definition) is 3. The number of ether oxygens (including phenoxy) is 1. The molecule has 0 saturated carbocycles. The van der Waals surface area contributed by atoms with E-state index >= 15 is 0 Å². The second-order valence-corrected chi connectivity index (χ2v) is 6.24. The number of aryl methyl sites for hydroxylation is 1. The molecule has 0 fully saturated rings. The average Bonchev–Trinajstić information content (AvgIpc) is 2.47. The maximum atomic E-state index is 9.71. The van der Waals surface area contributed by atoms with Gasteiger partial charge in [-0.05, 0) is 55.0 Å². The maximum absolute atomic E-state index is 9.71. The highest BCUT2D eigenvalue weighted by atomic mass is 16.5. The van der Waals surface area contributed by atoms with E-state index in [4.69, 9.17) is 4.74 Å². The number of phenols is 1. The largest absolute Gasteiger partial charge is 0.508 e. The first-order valence-electron chi connectivity index (χ1n) is 8.19. The number of hydrogen-bond donors (Lipinski definition) is 1. The Balaban J connectivity index is 2.23. The normalized spacial score (nSPS) is 21.4. The highest BCUT2D eigenvalue weighted by Gasteiger charge is 2.26. The summed E-state index contributed by atoms with van der Waals surface area (Å²) in [6, 6.07) is 6.45. The molecule has 2 rings (SSSR count). The van der Waals surface area contributed by atoms with Crippen LogP contribution in [0.25, 0.3) is 0 Å². The quantitative estimate of drug-likeness (QED) is 0.904. The molecule has 0 bridgehead atoms. The van der Waals surface area contributed by atoms with Crippen molar-refractivity contribution in [3.05, 3.63) is 29.3 Å². The molecule has 1 aromatic rings. The molecule has 1 unspecified atom stereocenters. The van der Waals surface area contributed by atoms with E-state index in [2.05, 4.69) is 24.8 Å². The molecule has 118 valence electrons. The van der Waals surface area contributed by atoms with Gasteiger partial charge in [0.1, 0.15) is 5.75 Å². The van der Waals surface area contributed by atoms with Crippen LogP contribution in [-0.2, 0) is 17.6 Å². The number of phenolic OH excluding ortho intramolecular Hbond substituents is 1. The van der Waals surface area contributed by atoms with E-state index in [9.17, 15) is 5.11 Å². The molecule has 0 aromatic heterocycles. The van der Waals surface area contributed by atoms with Gasteiger partial charge in [-0.15, -0.1) is 0 Å². The van der Waals surface area contributed by atoms with E-state index in [0.29, 0.717) is 17.7 Å². The van der Waals surface area contributed by atoms with Crippen LogP contribution in [0, 0.1) is 5.92 Å². The molecule has 1 aliphatic rings. The maximum Gasteiger partial charge on any atom is 0.115 e. The van der Waals surface area contributed by atoms with E-state index in [1.54, 1.807) is 7.11 Å². The lowest BCUT2D eigenvalue weighted by Crippen LogP contribution is -2.44. The van der Waals surface area contributed by atoms with Crippen LogP contribution in [0.5, 0.6) is 5.75 Å². The van der Waals surface area contributed by atoms with Gasteiger partial charge in [-0.2, -0.15) is 0 Å². The number of fused-ring (bicyclic) bond motifs is 1. The van der Waals surface area contributed by atoms with E-state index in [0.717, 1.165) is 39.0 Å². The summed E-state index contributed by atoms with van der Waals surface area (Å²) in [5, 5.41) is 9.71. The van der Waals surface area contributed by atoms with Crippen LogP contribution in [0.4, 0.5) is 0 Å². The highest BCUT2D eigenvalue weighted by molar-refractivity contribution is 5.36. The molecule has 0 radical (unpaired) electrons. The summed E-state index contributed by atoms with van der Waals surface area (Å²) in [5.74, 6) is 1.06. The van der Waals surface area contributed by atoms with Crippen molar-refractivity contribution in [2.75, 3.05) is 26.8 Å². The third kappa shape index (κ3) is 4.21. The van der Waals surface area contributed by atoms with E-state index < -0.39 is 0 Å². The second-order valence-electron chi connectivity index (χ2n) is 6.24. The van der Waals surface area contributed by atoms with Gasteiger partial charge in [0, 0.05) is 19.7 Å². The second kappa shape index (κ2) is 7.81. The third-order valence-corrected chi connectivity index (χ3v) is 4.86. The SMILES string of the molecule is CC[C@@H](C)C1Cc2ccc(O)cc2CCCN1CCOC. The lowest BCUT2D eigenvalue weighted by atomic mass is 9.87. The van der Waals surface area contributed by atoms with Gasteiger partial charge in [0.05, 0.1) is 6.61 Å². The van der Waals surface area contributed by atoms with Crippen LogP contribution in [0.15, 0.2) is 18.2 Å². The zero-order chi connectivity index (χ0) is 15.2. The highest BCUT2D eigenvalue weighted by Crippen LogP contribution is 2.27. The summed E-state index contributed by atoms with van der Waals surface area (Å²) in [4.78, 5) is 2.60. The van der Waals surface area contributed by atoms with Crippen molar-refractivity contribution < 1.29 is 9.84 Å². The first kappa shape index (κ1) is 16.3. The van der Waals surface area contributed by atoms with Gasteiger partial charge in [0.15, 0.2) is 0 Å². The van der Waals surface area contributed by atoms with Gasteiger partial charge in [-0.3, -0.25) is 4.90 Å². The Kier molecular flexibility index (Phi) is 6.07. The number of methoxy groups -OCH3 is 1. The summed E-state index contributed by atoms with van der Waals surface area (Å²) in [6.07, 6.45) is 4.48. The number of benzene rings is 1. The molecule has 1 aliphatic heterocycles. The molecule has 1 N–H and O–H groups in total. The molecule has 3 nitrogen and oxygen atoms in total. The van der Waals surface area contributed by atoms with Crippen LogP contribution in [-0.4, -0.2) is 42.9 Å². The lowest BCUT2D eigenvalue weighted by Gasteiger charge is -2.37. The monoisotopic (exact) mass is 291 g/mol. The molecule has 3 heteroatoms. The molecular weight excluding hydrogens is 262 g/mol. The molecule has 1 heterocycles. The summed E-state index contributed by atoms with van der Waals surface area (Å²) >= 11 is 0. The number of nitrogens with zero attached hydrogens (tertiary/aromatic N) is 1. The van der Waals surface area contributed by atoms with Crippen LogP contribution in [0.2, 0.25) is 0 Å². The fourth-order valence-corrected chi connectivity index (χ4v) is 3.36. The number of aromatic hydroxyl groups is 1. The minimum absolute atomic E-state index is 0.394. The van der Waals surface area contributed by atoms with Crippen molar-refractivity contribution >= 4 is 0 Å². The summed E-state index contributed by atoms with van der Waals surface area (Å²) in [5.41, 5.74) is 2.73. The Morgan fingerprint density at radius 1 is 1.38 bits per heavy atom. The smallest absolute Gasteiger partial charge is 0.115 e. The Bertz CT molecular complexity index is 447. The van der Waals surface area contributed by atoms with Gasteiger partial charge in [0.2, 0.25) is 0 Å². The van der Waals surface area contributed by atoms with E-state index in [-0.39, 0.29) is 0 Å². The van der Waals surface area contributed by atoms with Crippen LogP contribution in [0.1, 0.15) is 37.8 Å². The standard InChI is InChI=1S/C18H29NO2/c1-4-14(2)18-13-16-7-8-17(20)12-15(16)6-5-9-19(18)10-11-21-3/h7-8,12,14,18,20H,4-6,9-11,13H2,1-3H3/t14-,18?/m1/s1. The zero-order valence-electron chi connectivity index (χ0n) is 13.6. The van der Waals surface area contributed by atoms with Gasteiger partial charge in [-0.25, -0.2) is 0 Å². The molecule has 0 amide bonds. The molecular formula is C18H29NO2. The lowest BCUT2D eigenvalue weighted by molar-refractivity contribution is 0.0920. The van der Waals surface area contributed by atoms with Crippen molar-refractivity contribution in [3.8, 4) is 5.75 Å². The average molecular weight is 291 g/mol. The molecule has 0 aliphatic carbocycles. The third-order valence-electron chi connectivity index (χ3n) is 4.86. The predicted octanol–water partition coefficient (Wildman–Crippen LogP) is 3.24. The van der Waals surface area contributed by atoms with Gasteiger partial charge in [0.25, 0.3) is 0 Å². The zero-order valence-corrected chi connectivity index (χ0v) is 13.6. The van der Waals surface area contributed by atoms with Gasteiger partial charge in [-0.1, -0.05) is 26.3 Å². The first-order valence-corrected chi connectivity index (χ1v) is 8.19. The number of rotatable bonds is 5. The van der Waals surface area contributed by atoms with Gasteiger partial charge < -0.3 is 9.84 Å².